The Balaban J connectivity index is 1.72. The van der Waals surface area contributed by atoms with E-state index in [1.807, 2.05) is 49.4 Å². The summed E-state index contributed by atoms with van der Waals surface area (Å²) < 4.78 is 0. The van der Waals surface area contributed by atoms with Gasteiger partial charge in [-0.1, -0.05) is 6.07 Å². The van der Waals surface area contributed by atoms with Crippen LogP contribution in [0.1, 0.15) is 18.3 Å². The van der Waals surface area contributed by atoms with Gasteiger partial charge in [-0.15, -0.1) is 0 Å². The van der Waals surface area contributed by atoms with Crippen LogP contribution in [0.3, 0.4) is 0 Å². The first-order valence-electron chi connectivity index (χ1n) is 8.21. The molecule has 3 rings (SSSR count). The van der Waals surface area contributed by atoms with E-state index in [0.29, 0.717) is 18.2 Å². The summed E-state index contributed by atoms with van der Waals surface area (Å²) in [5.74, 6) is 1.96. The summed E-state index contributed by atoms with van der Waals surface area (Å²) >= 11 is 0. The fraction of sp³-hybridized carbons (Fsp3) is 0.158. The Hall–Kier alpha value is -3.48. The molecular formula is C19H20N6O. The second-order valence-corrected chi connectivity index (χ2v) is 5.78. The normalized spacial score (nSPS) is 10.2. The molecule has 0 saturated carbocycles. The summed E-state index contributed by atoms with van der Waals surface area (Å²) in [5, 5.41) is 9.30. The van der Waals surface area contributed by atoms with Crippen LogP contribution in [-0.2, 0) is 11.3 Å². The van der Waals surface area contributed by atoms with Crippen LogP contribution in [0.4, 0.5) is 23.0 Å². The minimum atomic E-state index is -0.109. The molecule has 0 fully saturated rings. The van der Waals surface area contributed by atoms with Gasteiger partial charge in [-0.25, -0.2) is 9.97 Å². The van der Waals surface area contributed by atoms with Crippen molar-refractivity contribution in [1.29, 1.82) is 0 Å². The summed E-state index contributed by atoms with van der Waals surface area (Å²) in [6.07, 6.45) is 3.52. The van der Waals surface area contributed by atoms with Crippen molar-refractivity contribution in [3.8, 4) is 0 Å². The summed E-state index contributed by atoms with van der Waals surface area (Å²) in [4.78, 5) is 24.0. The molecule has 2 heterocycles. The summed E-state index contributed by atoms with van der Waals surface area (Å²) in [6, 6.07) is 13.2. The molecule has 0 saturated heterocycles. The Kier molecular flexibility index (Phi) is 5.38. The number of benzene rings is 1. The predicted octanol–water partition coefficient (Wildman–Crippen LogP) is 3.49. The average molecular weight is 348 g/mol. The lowest BCUT2D eigenvalue weighted by atomic mass is 10.2. The number of carbonyl (C=O) groups excluding carboxylic acids is 1. The van der Waals surface area contributed by atoms with E-state index in [-0.39, 0.29) is 5.91 Å². The third kappa shape index (κ3) is 5.01. The monoisotopic (exact) mass is 348 g/mol. The first-order valence-corrected chi connectivity index (χ1v) is 8.21. The van der Waals surface area contributed by atoms with E-state index < -0.39 is 0 Å². The molecule has 0 radical (unpaired) electrons. The van der Waals surface area contributed by atoms with Gasteiger partial charge in [0.15, 0.2) is 0 Å². The number of nitrogens with one attached hydrogen (secondary N) is 3. The SMILES string of the molecule is CC(=O)Nc1cccc(Nc2cc(NCc3ccncc3)nc(C)n2)c1. The van der Waals surface area contributed by atoms with Crippen LogP contribution in [-0.4, -0.2) is 20.9 Å². The van der Waals surface area contributed by atoms with E-state index in [4.69, 9.17) is 0 Å². The molecule has 0 aliphatic heterocycles. The van der Waals surface area contributed by atoms with Gasteiger partial charge < -0.3 is 16.0 Å². The number of hydrogen-bond acceptors (Lipinski definition) is 6. The molecule has 0 atom stereocenters. The first-order chi connectivity index (χ1) is 12.6. The lowest BCUT2D eigenvalue weighted by Gasteiger charge is -2.11. The van der Waals surface area contributed by atoms with Crippen molar-refractivity contribution in [3.05, 3.63) is 66.2 Å². The molecule has 26 heavy (non-hydrogen) atoms. The smallest absolute Gasteiger partial charge is 0.221 e. The minimum absolute atomic E-state index is 0.109. The maximum atomic E-state index is 11.2. The van der Waals surface area contributed by atoms with Gasteiger partial charge in [0, 0.05) is 43.3 Å². The minimum Gasteiger partial charge on any atom is -0.366 e. The Morgan fingerprint density at radius 1 is 1.00 bits per heavy atom. The van der Waals surface area contributed by atoms with Crippen LogP contribution in [0.15, 0.2) is 54.9 Å². The molecule has 2 aromatic heterocycles. The number of hydrogen-bond donors (Lipinski definition) is 3. The van der Waals surface area contributed by atoms with Crippen LogP contribution < -0.4 is 16.0 Å². The van der Waals surface area contributed by atoms with Crippen LogP contribution in [0.25, 0.3) is 0 Å². The molecule has 0 aliphatic carbocycles. The zero-order valence-corrected chi connectivity index (χ0v) is 14.7. The van der Waals surface area contributed by atoms with E-state index in [2.05, 4.69) is 30.9 Å². The van der Waals surface area contributed by atoms with Crippen molar-refractivity contribution in [1.82, 2.24) is 15.0 Å². The van der Waals surface area contributed by atoms with Gasteiger partial charge in [-0.2, -0.15) is 0 Å². The molecule has 7 nitrogen and oxygen atoms in total. The zero-order valence-electron chi connectivity index (χ0n) is 14.7. The Morgan fingerprint density at radius 3 is 2.50 bits per heavy atom. The van der Waals surface area contributed by atoms with Crippen molar-refractivity contribution in [3.63, 3.8) is 0 Å². The summed E-state index contributed by atoms with van der Waals surface area (Å²) in [5.41, 5.74) is 2.67. The number of aryl methyl sites for hydroxylation is 1. The number of nitrogens with zero attached hydrogens (tertiary/aromatic N) is 3. The largest absolute Gasteiger partial charge is 0.366 e. The van der Waals surface area contributed by atoms with Gasteiger partial charge >= 0.3 is 0 Å². The number of aromatic nitrogens is 3. The van der Waals surface area contributed by atoms with Crippen LogP contribution in [0.2, 0.25) is 0 Å². The molecule has 3 aromatic rings. The molecule has 0 aliphatic rings. The van der Waals surface area contributed by atoms with Gasteiger partial charge in [0.1, 0.15) is 17.5 Å². The lowest BCUT2D eigenvalue weighted by molar-refractivity contribution is -0.114. The van der Waals surface area contributed by atoms with E-state index in [1.54, 1.807) is 12.4 Å². The van der Waals surface area contributed by atoms with Crippen molar-refractivity contribution >= 4 is 28.9 Å². The summed E-state index contributed by atoms with van der Waals surface area (Å²) in [6.45, 7) is 3.97. The number of carbonyl (C=O) groups is 1. The highest BCUT2D eigenvalue weighted by Crippen LogP contribution is 2.21. The molecule has 1 aromatic carbocycles. The third-order valence-corrected chi connectivity index (χ3v) is 3.52. The van der Waals surface area contributed by atoms with Crippen LogP contribution in [0.5, 0.6) is 0 Å². The second kappa shape index (κ2) is 8.06. The standard InChI is InChI=1S/C19H20N6O/c1-13-22-18(21-12-15-6-8-20-9-7-15)11-19(23-13)25-17-5-3-4-16(10-17)24-14(2)26/h3-11H,12H2,1-2H3,(H,24,26)(H2,21,22,23,25). The van der Waals surface area contributed by atoms with Crippen molar-refractivity contribution in [2.75, 3.05) is 16.0 Å². The number of pyridine rings is 1. The average Bonchev–Trinajstić information content (AvgIpc) is 2.60. The molecule has 3 N–H and O–H groups in total. The van der Waals surface area contributed by atoms with Gasteiger partial charge in [0.2, 0.25) is 5.91 Å². The predicted molar refractivity (Wildman–Crippen MR) is 102 cm³/mol. The van der Waals surface area contributed by atoms with E-state index in [9.17, 15) is 4.79 Å². The fourth-order valence-electron chi connectivity index (χ4n) is 2.44. The maximum Gasteiger partial charge on any atom is 0.221 e. The molecule has 7 heteroatoms. The first kappa shape index (κ1) is 17.3. The lowest BCUT2D eigenvalue weighted by Crippen LogP contribution is -2.06. The van der Waals surface area contributed by atoms with Crippen LogP contribution >= 0.6 is 0 Å². The van der Waals surface area contributed by atoms with Crippen LogP contribution in [0, 0.1) is 6.92 Å². The molecule has 0 bridgehead atoms. The van der Waals surface area contributed by atoms with Gasteiger partial charge in [0.25, 0.3) is 0 Å². The molecule has 0 unspecified atom stereocenters. The van der Waals surface area contributed by atoms with Gasteiger partial charge in [0.05, 0.1) is 0 Å². The molecule has 1 amide bonds. The number of rotatable bonds is 6. The van der Waals surface area contributed by atoms with Crippen molar-refractivity contribution in [2.45, 2.75) is 20.4 Å². The fourth-order valence-corrected chi connectivity index (χ4v) is 2.44. The Labute approximate surface area is 151 Å². The highest BCUT2D eigenvalue weighted by molar-refractivity contribution is 5.89. The number of anilines is 4. The third-order valence-electron chi connectivity index (χ3n) is 3.52. The molecule has 0 spiro atoms. The molecular weight excluding hydrogens is 328 g/mol. The highest BCUT2D eigenvalue weighted by Gasteiger charge is 2.04. The van der Waals surface area contributed by atoms with E-state index in [0.717, 1.165) is 22.8 Å². The van der Waals surface area contributed by atoms with Crippen molar-refractivity contribution in [2.24, 2.45) is 0 Å². The zero-order chi connectivity index (χ0) is 18.4. The number of amides is 1. The van der Waals surface area contributed by atoms with Gasteiger partial charge in [-0.3, -0.25) is 9.78 Å². The van der Waals surface area contributed by atoms with E-state index in [1.165, 1.54) is 6.92 Å². The Morgan fingerprint density at radius 2 is 1.73 bits per heavy atom. The Bertz CT molecular complexity index is 898. The van der Waals surface area contributed by atoms with E-state index >= 15 is 0 Å². The molecule has 132 valence electrons. The van der Waals surface area contributed by atoms with Gasteiger partial charge in [-0.05, 0) is 42.8 Å². The summed E-state index contributed by atoms with van der Waals surface area (Å²) in [7, 11) is 0. The second-order valence-electron chi connectivity index (χ2n) is 5.78. The quantitative estimate of drug-likeness (QED) is 0.631. The topological polar surface area (TPSA) is 91.8 Å². The van der Waals surface area contributed by atoms with Crippen molar-refractivity contribution < 1.29 is 4.79 Å². The highest BCUT2D eigenvalue weighted by atomic mass is 16.1. The maximum absolute atomic E-state index is 11.2.